The molecule has 29 heavy (non-hydrogen) atoms. The number of hydrogen-bond acceptors (Lipinski definition) is 3. The SMILES string of the molecule is CC(C)c1ccc(C2CC2C(=O)N(Cc2ccccn2)C2CCCNCC2)cc1. The van der Waals surface area contributed by atoms with E-state index in [-0.39, 0.29) is 5.92 Å². The van der Waals surface area contributed by atoms with Gasteiger partial charge in [0, 0.05) is 18.2 Å². The van der Waals surface area contributed by atoms with Crippen molar-refractivity contribution in [2.24, 2.45) is 5.92 Å². The first kappa shape index (κ1) is 20.1. The van der Waals surface area contributed by atoms with Crippen LogP contribution in [0.25, 0.3) is 0 Å². The van der Waals surface area contributed by atoms with Crippen molar-refractivity contribution in [1.82, 2.24) is 15.2 Å². The second-order valence-corrected chi connectivity index (χ2v) is 8.89. The largest absolute Gasteiger partial charge is 0.334 e. The summed E-state index contributed by atoms with van der Waals surface area (Å²) >= 11 is 0. The second-order valence-electron chi connectivity index (χ2n) is 8.89. The van der Waals surface area contributed by atoms with Gasteiger partial charge in [-0.05, 0) is 73.9 Å². The summed E-state index contributed by atoms with van der Waals surface area (Å²) < 4.78 is 0. The number of amides is 1. The molecule has 4 heteroatoms. The molecule has 2 fully saturated rings. The highest BCUT2D eigenvalue weighted by molar-refractivity contribution is 5.83. The van der Waals surface area contributed by atoms with E-state index >= 15 is 0 Å². The van der Waals surface area contributed by atoms with E-state index in [9.17, 15) is 4.79 Å². The Kier molecular flexibility index (Phi) is 6.29. The van der Waals surface area contributed by atoms with Crippen LogP contribution < -0.4 is 5.32 Å². The molecule has 1 aliphatic carbocycles. The van der Waals surface area contributed by atoms with Crippen LogP contribution in [-0.4, -0.2) is 34.9 Å². The molecule has 4 nitrogen and oxygen atoms in total. The number of benzene rings is 1. The summed E-state index contributed by atoms with van der Waals surface area (Å²) in [4.78, 5) is 20.2. The van der Waals surface area contributed by atoms with Crippen LogP contribution >= 0.6 is 0 Å². The van der Waals surface area contributed by atoms with E-state index in [1.807, 2.05) is 24.4 Å². The Morgan fingerprint density at radius 2 is 1.97 bits per heavy atom. The van der Waals surface area contributed by atoms with Crippen molar-refractivity contribution >= 4 is 5.91 Å². The molecule has 1 aliphatic heterocycles. The van der Waals surface area contributed by atoms with Crippen LogP contribution in [-0.2, 0) is 11.3 Å². The zero-order valence-corrected chi connectivity index (χ0v) is 17.7. The number of carbonyl (C=O) groups is 1. The maximum Gasteiger partial charge on any atom is 0.226 e. The number of nitrogens with zero attached hydrogens (tertiary/aromatic N) is 2. The maximum absolute atomic E-state index is 13.6. The third kappa shape index (κ3) is 4.87. The molecule has 2 aliphatic rings. The van der Waals surface area contributed by atoms with Crippen LogP contribution in [0.1, 0.15) is 68.2 Å². The lowest BCUT2D eigenvalue weighted by atomic mass is 9.99. The van der Waals surface area contributed by atoms with Gasteiger partial charge >= 0.3 is 0 Å². The first-order chi connectivity index (χ1) is 14.1. The van der Waals surface area contributed by atoms with Gasteiger partial charge in [0.25, 0.3) is 0 Å². The smallest absolute Gasteiger partial charge is 0.226 e. The second kappa shape index (κ2) is 9.08. The summed E-state index contributed by atoms with van der Waals surface area (Å²) in [7, 11) is 0. The Morgan fingerprint density at radius 3 is 2.69 bits per heavy atom. The zero-order valence-electron chi connectivity index (χ0n) is 17.7. The molecule has 3 unspecified atom stereocenters. The van der Waals surface area contributed by atoms with Gasteiger partial charge in [-0.3, -0.25) is 9.78 Å². The molecule has 4 rings (SSSR count). The van der Waals surface area contributed by atoms with E-state index in [2.05, 4.69) is 53.3 Å². The fourth-order valence-corrected chi connectivity index (χ4v) is 4.54. The Morgan fingerprint density at radius 1 is 1.14 bits per heavy atom. The van der Waals surface area contributed by atoms with E-state index in [0.29, 0.717) is 30.3 Å². The van der Waals surface area contributed by atoms with Gasteiger partial charge in [0.05, 0.1) is 12.2 Å². The minimum Gasteiger partial charge on any atom is -0.334 e. The molecular weight excluding hydrogens is 358 g/mol. The van der Waals surface area contributed by atoms with Crippen LogP contribution in [0.4, 0.5) is 0 Å². The average molecular weight is 392 g/mol. The van der Waals surface area contributed by atoms with Gasteiger partial charge in [-0.1, -0.05) is 44.2 Å². The lowest BCUT2D eigenvalue weighted by Gasteiger charge is -2.31. The molecule has 154 valence electrons. The monoisotopic (exact) mass is 391 g/mol. The molecule has 0 spiro atoms. The standard InChI is InChI=1S/C25H33N3O/c1-18(2)19-8-10-20(11-9-19)23-16-24(23)25(29)28(17-21-6-3-4-14-27-21)22-7-5-13-26-15-12-22/h3-4,6,8-11,14,18,22-24,26H,5,7,12-13,15-17H2,1-2H3. The fourth-order valence-electron chi connectivity index (χ4n) is 4.54. The predicted molar refractivity (Wildman–Crippen MR) is 117 cm³/mol. The molecular formula is C25H33N3O. The fraction of sp³-hybridized carbons (Fsp3) is 0.520. The van der Waals surface area contributed by atoms with Gasteiger partial charge in [0.15, 0.2) is 0 Å². The highest BCUT2D eigenvalue weighted by atomic mass is 16.2. The lowest BCUT2D eigenvalue weighted by Crippen LogP contribution is -2.41. The summed E-state index contributed by atoms with van der Waals surface area (Å²) in [5.74, 6) is 1.36. The molecule has 0 bridgehead atoms. The molecule has 1 aromatic heterocycles. The molecule has 1 saturated carbocycles. The van der Waals surface area contributed by atoms with Crippen molar-refractivity contribution in [2.75, 3.05) is 13.1 Å². The van der Waals surface area contributed by atoms with Crippen LogP contribution in [0, 0.1) is 5.92 Å². The predicted octanol–water partition coefficient (Wildman–Crippen LogP) is 4.48. The number of pyridine rings is 1. The summed E-state index contributed by atoms with van der Waals surface area (Å²) in [6.45, 7) is 7.10. The summed E-state index contributed by atoms with van der Waals surface area (Å²) in [6.07, 6.45) is 6.03. The Bertz CT molecular complexity index is 795. The van der Waals surface area contributed by atoms with Gasteiger partial charge < -0.3 is 10.2 Å². The molecule has 1 amide bonds. The first-order valence-corrected chi connectivity index (χ1v) is 11.1. The molecule has 1 aromatic carbocycles. The van der Waals surface area contributed by atoms with E-state index in [0.717, 1.165) is 44.5 Å². The number of aromatic nitrogens is 1. The van der Waals surface area contributed by atoms with E-state index in [1.54, 1.807) is 0 Å². The lowest BCUT2D eigenvalue weighted by molar-refractivity contribution is -0.136. The van der Waals surface area contributed by atoms with E-state index < -0.39 is 0 Å². The highest BCUT2D eigenvalue weighted by Crippen LogP contribution is 2.49. The van der Waals surface area contributed by atoms with Crippen molar-refractivity contribution in [3.63, 3.8) is 0 Å². The molecule has 2 heterocycles. The van der Waals surface area contributed by atoms with Gasteiger partial charge in [0.2, 0.25) is 5.91 Å². The van der Waals surface area contributed by atoms with E-state index in [4.69, 9.17) is 0 Å². The minimum absolute atomic E-state index is 0.125. The van der Waals surface area contributed by atoms with Crippen LogP contribution in [0.2, 0.25) is 0 Å². The third-order valence-corrected chi connectivity index (χ3v) is 6.47. The first-order valence-electron chi connectivity index (χ1n) is 11.1. The summed E-state index contributed by atoms with van der Waals surface area (Å²) in [5.41, 5.74) is 3.66. The quantitative estimate of drug-likeness (QED) is 0.790. The molecule has 3 atom stereocenters. The summed E-state index contributed by atoms with van der Waals surface area (Å²) in [5, 5.41) is 3.48. The average Bonchev–Trinajstić information content (AvgIpc) is 3.56. The Hall–Kier alpha value is -2.20. The van der Waals surface area contributed by atoms with Gasteiger partial charge in [-0.2, -0.15) is 0 Å². The van der Waals surface area contributed by atoms with Crippen LogP contribution in [0.15, 0.2) is 48.7 Å². The maximum atomic E-state index is 13.6. The zero-order chi connectivity index (χ0) is 20.2. The van der Waals surface area contributed by atoms with Gasteiger partial charge in [-0.15, -0.1) is 0 Å². The summed E-state index contributed by atoms with van der Waals surface area (Å²) in [6, 6.07) is 15.2. The van der Waals surface area contributed by atoms with Crippen molar-refractivity contribution in [1.29, 1.82) is 0 Å². The minimum atomic E-state index is 0.125. The highest BCUT2D eigenvalue weighted by Gasteiger charge is 2.46. The number of nitrogens with one attached hydrogen (secondary N) is 1. The third-order valence-electron chi connectivity index (χ3n) is 6.47. The molecule has 1 N–H and O–H groups in total. The Balaban J connectivity index is 1.49. The van der Waals surface area contributed by atoms with Gasteiger partial charge in [0.1, 0.15) is 0 Å². The molecule has 1 saturated heterocycles. The molecule has 2 aromatic rings. The van der Waals surface area contributed by atoms with Crippen molar-refractivity contribution in [2.45, 2.75) is 64.0 Å². The number of rotatable bonds is 6. The van der Waals surface area contributed by atoms with Gasteiger partial charge in [-0.25, -0.2) is 0 Å². The van der Waals surface area contributed by atoms with Crippen molar-refractivity contribution < 1.29 is 4.79 Å². The normalized spacial score (nSPS) is 24.2. The Labute approximate surface area is 174 Å². The van der Waals surface area contributed by atoms with E-state index in [1.165, 1.54) is 11.1 Å². The number of carbonyl (C=O) groups excluding carboxylic acids is 1. The van der Waals surface area contributed by atoms with Crippen molar-refractivity contribution in [3.05, 3.63) is 65.5 Å². The number of hydrogen-bond donors (Lipinski definition) is 1. The topological polar surface area (TPSA) is 45.2 Å². The van der Waals surface area contributed by atoms with Crippen molar-refractivity contribution in [3.8, 4) is 0 Å². The van der Waals surface area contributed by atoms with Crippen LogP contribution in [0.3, 0.4) is 0 Å². The van der Waals surface area contributed by atoms with Crippen LogP contribution in [0.5, 0.6) is 0 Å². The molecule has 0 radical (unpaired) electrons.